The largest absolute Gasteiger partial charge is 0.460 e. The Labute approximate surface area is 114 Å². The predicted molar refractivity (Wildman–Crippen MR) is 74.6 cm³/mol. The van der Waals surface area contributed by atoms with Gasteiger partial charge in [0.2, 0.25) is 6.29 Å². The van der Waals surface area contributed by atoms with Crippen molar-refractivity contribution < 1.29 is 9.62 Å². The molecule has 0 aliphatic carbocycles. The maximum Gasteiger partial charge on any atom is 0.218 e. The van der Waals surface area contributed by atoms with Gasteiger partial charge in [0, 0.05) is 23.5 Å². The highest BCUT2D eigenvalue weighted by Crippen LogP contribution is 2.32. The molecule has 1 aromatic carbocycles. The lowest BCUT2D eigenvalue weighted by Gasteiger charge is -2.24. The molecule has 0 saturated heterocycles. The quantitative estimate of drug-likeness (QED) is 0.883. The Hall–Kier alpha value is -1.98. The number of nitrogens with zero attached hydrogens (tertiary/aromatic N) is 2. The van der Waals surface area contributed by atoms with Crippen molar-refractivity contribution in [3.8, 4) is 0 Å². The normalized spacial score (nSPS) is 18.3. The smallest absolute Gasteiger partial charge is 0.218 e. The van der Waals surface area contributed by atoms with E-state index in [0.29, 0.717) is 10.8 Å². The van der Waals surface area contributed by atoms with Gasteiger partial charge in [-0.1, -0.05) is 11.6 Å². The Kier molecular flexibility index (Phi) is 2.93. The number of rotatable bonds is 2. The minimum atomic E-state index is -0.547. The van der Waals surface area contributed by atoms with E-state index in [-0.39, 0.29) is 0 Å². The van der Waals surface area contributed by atoms with Crippen LogP contribution in [-0.2, 0) is 0 Å². The third-order valence-corrected chi connectivity index (χ3v) is 3.36. The summed E-state index contributed by atoms with van der Waals surface area (Å²) < 4.78 is 5.50. The second kappa shape index (κ2) is 4.60. The van der Waals surface area contributed by atoms with Crippen LogP contribution < -0.4 is 5.32 Å². The molecule has 0 fully saturated rings. The van der Waals surface area contributed by atoms with Crippen LogP contribution in [0.3, 0.4) is 0 Å². The monoisotopic (exact) mass is 277 g/mol. The maximum absolute atomic E-state index is 9.63. The van der Waals surface area contributed by atoms with Gasteiger partial charge in [-0.25, -0.2) is 10.1 Å². The zero-order chi connectivity index (χ0) is 13.4. The molecule has 6 heteroatoms. The maximum atomic E-state index is 9.63. The first-order chi connectivity index (χ1) is 9.15. The van der Waals surface area contributed by atoms with E-state index >= 15 is 0 Å². The second-order valence-corrected chi connectivity index (χ2v) is 4.60. The van der Waals surface area contributed by atoms with E-state index in [2.05, 4.69) is 10.3 Å². The highest BCUT2D eigenvalue weighted by Gasteiger charge is 2.15. The van der Waals surface area contributed by atoms with Gasteiger partial charge in [-0.15, -0.1) is 0 Å². The van der Waals surface area contributed by atoms with Crippen LogP contribution in [0.25, 0.3) is 11.0 Å². The van der Waals surface area contributed by atoms with Crippen LogP contribution in [0.5, 0.6) is 0 Å². The average Bonchev–Trinajstić information content (AvgIpc) is 2.68. The van der Waals surface area contributed by atoms with Gasteiger partial charge < -0.3 is 9.73 Å². The van der Waals surface area contributed by atoms with Crippen LogP contribution in [-0.4, -0.2) is 22.8 Å². The Bertz CT molecular complexity index is 678. The third kappa shape index (κ3) is 2.18. The summed E-state index contributed by atoms with van der Waals surface area (Å²) in [4.78, 5) is 4.11. The van der Waals surface area contributed by atoms with Crippen molar-refractivity contribution in [2.75, 3.05) is 5.32 Å². The molecule has 19 heavy (non-hydrogen) atoms. The summed E-state index contributed by atoms with van der Waals surface area (Å²) in [5.41, 5.74) is 1.53. The molecular weight excluding hydrogens is 266 g/mol. The van der Waals surface area contributed by atoms with Crippen molar-refractivity contribution in [1.29, 1.82) is 0 Å². The van der Waals surface area contributed by atoms with E-state index in [1.807, 2.05) is 25.1 Å². The number of halogens is 1. The number of aryl methyl sites for hydroxylation is 1. The van der Waals surface area contributed by atoms with Crippen molar-refractivity contribution in [2.24, 2.45) is 4.99 Å². The summed E-state index contributed by atoms with van der Waals surface area (Å²) in [5, 5.41) is 15.1. The fourth-order valence-corrected chi connectivity index (χ4v) is 2.13. The number of allylic oxidation sites excluding steroid dienone is 1. The lowest BCUT2D eigenvalue weighted by molar-refractivity contribution is -0.0685. The van der Waals surface area contributed by atoms with Crippen LogP contribution >= 0.6 is 11.6 Å². The molecule has 5 nitrogen and oxygen atoms in total. The van der Waals surface area contributed by atoms with E-state index in [1.165, 1.54) is 6.20 Å². The number of hydroxylamine groups is 2. The molecule has 0 spiro atoms. The van der Waals surface area contributed by atoms with Crippen LogP contribution in [0, 0.1) is 6.92 Å². The predicted octanol–water partition coefficient (Wildman–Crippen LogP) is 3.38. The molecule has 1 aromatic heterocycles. The first-order valence-electron chi connectivity index (χ1n) is 5.77. The van der Waals surface area contributed by atoms with Gasteiger partial charge >= 0.3 is 0 Å². The molecule has 2 aromatic rings. The van der Waals surface area contributed by atoms with Crippen LogP contribution in [0.2, 0.25) is 5.02 Å². The van der Waals surface area contributed by atoms with Crippen LogP contribution in [0.4, 0.5) is 5.69 Å². The van der Waals surface area contributed by atoms with E-state index in [0.717, 1.165) is 21.7 Å². The first kappa shape index (κ1) is 12.1. The molecule has 2 heterocycles. The summed E-state index contributed by atoms with van der Waals surface area (Å²) in [6.07, 6.45) is 4.25. The lowest BCUT2D eigenvalue weighted by Crippen LogP contribution is -2.34. The van der Waals surface area contributed by atoms with Gasteiger partial charge in [0.25, 0.3) is 0 Å². The third-order valence-electron chi connectivity index (χ3n) is 2.89. The zero-order valence-electron chi connectivity index (χ0n) is 10.2. The van der Waals surface area contributed by atoms with Gasteiger partial charge in [-0.3, -0.25) is 5.21 Å². The van der Waals surface area contributed by atoms with Crippen molar-refractivity contribution in [1.82, 2.24) is 5.06 Å². The SMILES string of the molecule is Cc1oc2ccc(NC3N=CC=CN3O)cc2c1Cl. The van der Waals surface area contributed by atoms with Crippen molar-refractivity contribution in [2.45, 2.75) is 13.2 Å². The molecule has 3 rings (SSSR count). The Morgan fingerprint density at radius 1 is 1.47 bits per heavy atom. The molecule has 0 saturated carbocycles. The standard InChI is InChI=1S/C13H12ClN3O2/c1-8-12(14)10-7-9(3-4-11(10)19-8)16-13-15-5-2-6-17(13)18/h2-7,13,16,18H,1H3. The Morgan fingerprint density at radius 2 is 2.32 bits per heavy atom. The van der Waals surface area contributed by atoms with Gasteiger partial charge in [-0.2, -0.15) is 0 Å². The number of furan rings is 1. The molecule has 1 aliphatic rings. The van der Waals surface area contributed by atoms with E-state index in [1.54, 1.807) is 12.3 Å². The molecule has 0 amide bonds. The number of hydrogen-bond acceptors (Lipinski definition) is 5. The Balaban J connectivity index is 1.91. The average molecular weight is 278 g/mol. The number of benzene rings is 1. The van der Waals surface area contributed by atoms with Gasteiger partial charge in [0.1, 0.15) is 11.3 Å². The topological polar surface area (TPSA) is 61.0 Å². The highest BCUT2D eigenvalue weighted by atomic mass is 35.5. The molecule has 1 atom stereocenters. The first-order valence-corrected chi connectivity index (χ1v) is 6.15. The minimum absolute atomic E-state index is 0.547. The highest BCUT2D eigenvalue weighted by molar-refractivity contribution is 6.36. The molecule has 0 radical (unpaired) electrons. The number of fused-ring (bicyclic) bond motifs is 1. The molecule has 1 aliphatic heterocycles. The molecule has 0 bridgehead atoms. The number of hydrogen-bond donors (Lipinski definition) is 2. The van der Waals surface area contributed by atoms with Crippen molar-refractivity contribution >= 4 is 34.5 Å². The lowest BCUT2D eigenvalue weighted by atomic mass is 10.2. The summed E-state index contributed by atoms with van der Waals surface area (Å²) in [6, 6.07) is 5.56. The Morgan fingerprint density at radius 3 is 3.11 bits per heavy atom. The molecule has 2 N–H and O–H groups in total. The summed E-state index contributed by atoms with van der Waals surface area (Å²) in [7, 11) is 0. The van der Waals surface area contributed by atoms with E-state index in [4.69, 9.17) is 16.0 Å². The molecule has 98 valence electrons. The van der Waals surface area contributed by atoms with Gasteiger partial charge in [0.05, 0.1) is 5.02 Å². The van der Waals surface area contributed by atoms with Crippen LogP contribution in [0.15, 0.2) is 39.9 Å². The summed E-state index contributed by atoms with van der Waals surface area (Å²) in [6.45, 7) is 1.82. The summed E-state index contributed by atoms with van der Waals surface area (Å²) >= 11 is 6.16. The van der Waals surface area contributed by atoms with E-state index in [9.17, 15) is 5.21 Å². The fourth-order valence-electron chi connectivity index (χ4n) is 1.94. The van der Waals surface area contributed by atoms with Crippen molar-refractivity contribution in [3.63, 3.8) is 0 Å². The van der Waals surface area contributed by atoms with Crippen molar-refractivity contribution in [3.05, 3.63) is 41.3 Å². The number of anilines is 1. The van der Waals surface area contributed by atoms with Gasteiger partial charge in [0.15, 0.2) is 0 Å². The fraction of sp³-hybridized carbons (Fsp3) is 0.154. The summed E-state index contributed by atoms with van der Waals surface area (Å²) in [5.74, 6) is 0.691. The molecular formula is C13H12ClN3O2. The van der Waals surface area contributed by atoms with E-state index < -0.39 is 6.29 Å². The van der Waals surface area contributed by atoms with Gasteiger partial charge in [-0.05, 0) is 31.2 Å². The minimum Gasteiger partial charge on any atom is -0.460 e. The number of aliphatic imine (C=N–C) groups is 1. The van der Waals surface area contributed by atoms with Crippen LogP contribution in [0.1, 0.15) is 5.76 Å². The second-order valence-electron chi connectivity index (χ2n) is 4.22. The molecule has 1 unspecified atom stereocenters. The number of nitrogens with one attached hydrogen (secondary N) is 1. The zero-order valence-corrected chi connectivity index (χ0v) is 10.9.